The van der Waals surface area contributed by atoms with Crippen LogP contribution >= 0.6 is 11.5 Å². The summed E-state index contributed by atoms with van der Waals surface area (Å²) in [5.74, 6) is 0.911. The largest absolute Gasteiger partial charge is 0.394 e. The molecule has 0 spiro atoms. The second-order valence-electron chi connectivity index (χ2n) is 3.83. The zero-order valence-corrected chi connectivity index (χ0v) is 9.10. The molecule has 4 nitrogen and oxygen atoms in total. The highest BCUT2D eigenvalue weighted by Gasteiger charge is 2.42. The maximum Gasteiger partial charge on any atom is 0.203 e. The van der Waals surface area contributed by atoms with Gasteiger partial charge in [-0.1, -0.05) is 6.92 Å². The quantitative estimate of drug-likeness (QED) is 0.777. The van der Waals surface area contributed by atoms with Gasteiger partial charge in [-0.2, -0.15) is 4.37 Å². The number of anilines is 1. The Morgan fingerprint density at radius 3 is 2.93 bits per heavy atom. The fraction of sp³-hybridized carbons (Fsp3) is 0.778. The molecule has 1 aromatic rings. The van der Waals surface area contributed by atoms with E-state index in [4.69, 9.17) is 5.11 Å². The molecule has 1 heterocycles. The van der Waals surface area contributed by atoms with E-state index >= 15 is 0 Å². The van der Waals surface area contributed by atoms with Gasteiger partial charge in [-0.05, 0) is 19.3 Å². The predicted molar refractivity (Wildman–Crippen MR) is 56.6 cm³/mol. The average molecular weight is 213 g/mol. The number of rotatable bonds is 5. The third-order valence-corrected chi connectivity index (χ3v) is 3.14. The van der Waals surface area contributed by atoms with Gasteiger partial charge in [0.1, 0.15) is 5.82 Å². The smallest absolute Gasteiger partial charge is 0.203 e. The van der Waals surface area contributed by atoms with E-state index in [1.165, 1.54) is 11.5 Å². The van der Waals surface area contributed by atoms with E-state index in [0.717, 1.165) is 36.6 Å². The molecule has 1 fully saturated rings. The molecule has 0 bridgehead atoms. The average Bonchev–Trinajstić information content (AvgIpc) is 2.82. The van der Waals surface area contributed by atoms with Crippen molar-refractivity contribution in [1.82, 2.24) is 9.36 Å². The lowest BCUT2D eigenvalue weighted by molar-refractivity contribution is 0.266. The van der Waals surface area contributed by atoms with E-state index in [1.54, 1.807) is 0 Å². The standard InChI is InChI=1S/C9H15N3OS/c1-2-3-7-10-8(14-12-7)11-9(6-13)4-5-9/h13H,2-6H2,1H3,(H,10,11,12). The number of aromatic nitrogens is 2. The first kappa shape index (κ1) is 9.86. The summed E-state index contributed by atoms with van der Waals surface area (Å²) in [7, 11) is 0. The van der Waals surface area contributed by atoms with Crippen molar-refractivity contribution in [2.45, 2.75) is 38.1 Å². The number of nitrogens with one attached hydrogen (secondary N) is 1. The molecule has 1 aliphatic rings. The summed E-state index contributed by atoms with van der Waals surface area (Å²) in [4.78, 5) is 4.36. The Hall–Kier alpha value is -0.680. The monoisotopic (exact) mass is 213 g/mol. The summed E-state index contributed by atoms with van der Waals surface area (Å²) in [5.41, 5.74) is -0.0803. The van der Waals surface area contributed by atoms with Gasteiger partial charge in [0.2, 0.25) is 5.13 Å². The Kier molecular flexibility index (Phi) is 2.69. The van der Waals surface area contributed by atoms with Crippen LogP contribution in [0.4, 0.5) is 5.13 Å². The van der Waals surface area contributed by atoms with Crippen molar-refractivity contribution < 1.29 is 5.11 Å². The van der Waals surface area contributed by atoms with E-state index in [2.05, 4.69) is 21.6 Å². The topological polar surface area (TPSA) is 58.0 Å². The minimum atomic E-state index is -0.0803. The first-order chi connectivity index (χ1) is 6.78. The first-order valence-corrected chi connectivity index (χ1v) is 5.77. The molecule has 14 heavy (non-hydrogen) atoms. The molecular formula is C9H15N3OS. The van der Waals surface area contributed by atoms with Crippen molar-refractivity contribution in [2.24, 2.45) is 0 Å². The summed E-state index contributed by atoms with van der Waals surface area (Å²) in [5, 5.41) is 13.2. The summed E-state index contributed by atoms with van der Waals surface area (Å²) in [6.07, 6.45) is 4.07. The minimum Gasteiger partial charge on any atom is -0.394 e. The normalized spacial score (nSPS) is 18.1. The fourth-order valence-corrected chi connectivity index (χ4v) is 2.06. The van der Waals surface area contributed by atoms with Crippen molar-refractivity contribution in [2.75, 3.05) is 11.9 Å². The molecule has 0 radical (unpaired) electrons. The molecule has 0 aliphatic heterocycles. The summed E-state index contributed by atoms with van der Waals surface area (Å²) in [6.45, 7) is 2.31. The Bertz CT molecular complexity index is 309. The molecule has 1 aliphatic carbocycles. The first-order valence-electron chi connectivity index (χ1n) is 5.00. The van der Waals surface area contributed by atoms with E-state index in [9.17, 15) is 0 Å². The van der Waals surface area contributed by atoms with Gasteiger partial charge in [0, 0.05) is 18.0 Å². The van der Waals surface area contributed by atoms with Crippen molar-refractivity contribution in [3.8, 4) is 0 Å². The van der Waals surface area contributed by atoms with Crippen LogP contribution in [-0.4, -0.2) is 26.6 Å². The number of hydrogen-bond donors (Lipinski definition) is 2. The predicted octanol–water partition coefficient (Wildman–Crippen LogP) is 1.43. The highest BCUT2D eigenvalue weighted by molar-refractivity contribution is 7.09. The lowest BCUT2D eigenvalue weighted by atomic mass is 10.3. The van der Waals surface area contributed by atoms with Crippen LogP contribution in [-0.2, 0) is 6.42 Å². The van der Waals surface area contributed by atoms with E-state index in [-0.39, 0.29) is 12.1 Å². The Morgan fingerprint density at radius 1 is 1.57 bits per heavy atom. The number of aryl methyl sites for hydroxylation is 1. The van der Waals surface area contributed by atoms with Gasteiger partial charge in [0.15, 0.2) is 0 Å². The number of nitrogens with zero attached hydrogens (tertiary/aromatic N) is 2. The highest BCUT2D eigenvalue weighted by atomic mass is 32.1. The Labute approximate surface area is 87.5 Å². The maximum atomic E-state index is 9.12. The zero-order chi connectivity index (χ0) is 10.0. The van der Waals surface area contributed by atoms with Crippen LogP contribution in [0.25, 0.3) is 0 Å². The van der Waals surface area contributed by atoms with Gasteiger partial charge in [-0.3, -0.25) is 0 Å². The molecule has 1 saturated carbocycles. The van der Waals surface area contributed by atoms with Crippen LogP contribution in [0.5, 0.6) is 0 Å². The maximum absolute atomic E-state index is 9.12. The molecule has 0 aromatic carbocycles. The number of hydrogen-bond acceptors (Lipinski definition) is 5. The number of aliphatic hydroxyl groups excluding tert-OH is 1. The third-order valence-electron chi connectivity index (χ3n) is 2.47. The van der Waals surface area contributed by atoms with Crippen LogP contribution in [0.3, 0.4) is 0 Å². The molecule has 2 N–H and O–H groups in total. The molecule has 0 unspecified atom stereocenters. The lowest BCUT2D eigenvalue weighted by Gasteiger charge is -2.11. The van der Waals surface area contributed by atoms with E-state index in [0.29, 0.717) is 0 Å². The molecule has 0 atom stereocenters. The summed E-state index contributed by atoms with van der Waals surface area (Å²) < 4.78 is 4.24. The Morgan fingerprint density at radius 2 is 2.36 bits per heavy atom. The van der Waals surface area contributed by atoms with Gasteiger partial charge in [-0.25, -0.2) is 4.98 Å². The van der Waals surface area contributed by atoms with Gasteiger partial charge in [0.05, 0.1) is 12.1 Å². The summed E-state index contributed by atoms with van der Waals surface area (Å²) in [6, 6.07) is 0. The number of aliphatic hydroxyl groups is 1. The van der Waals surface area contributed by atoms with Crippen LogP contribution < -0.4 is 5.32 Å². The zero-order valence-electron chi connectivity index (χ0n) is 8.29. The van der Waals surface area contributed by atoms with Crippen LogP contribution in [0, 0.1) is 0 Å². The molecular weight excluding hydrogens is 198 g/mol. The second kappa shape index (κ2) is 3.82. The van der Waals surface area contributed by atoms with Gasteiger partial charge in [-0.15, -0.1) is 0 Å². The lowest BCUT2D eigenvalue weighted by Crippen LogP contribution is -2.25. The van der Waals surface area contributed by atoms with Crippen molar-refractivity contribution in [1.29, 1.82) is 0 Å². The third kappa shape index (κ3) is 2.04. The van der Waals surface area contributed by atoms with Crippen LogP contribution in [0.1, 0.15) is 32.0 Å². The molecule has 78 valence electrons. The highest BCUT2D eigenvalue weighted by Crippen LogP contribution is 2.38. The molecule has 1 aromatic heterocycles. The molecule has 5 heteroatoms. The SMILES string of the molecule is CCCc1nsc(NC2(CO)CC2)n1. The molecule has 0 saturated heterocycles. The fourth-order valence-electron chi connectivity index (χ4n) is 1.33. The van der Waals surface area contributed by atoms with E-state index < -0.39 is 0 Å². The van der Waals surface area contributed by atoms with Gasteiger partial charge >= 0.3 is 0 Å². The van der Waals surface area contributed by atoms with Gasteiger partial charge < -0.3 is 10.4 Å². The van der Waals surface area contributed by atoms with Crippen LogP contribution in [0.2, 0.25) is 0 Å². The molecule has 0 amide bonds. The Balaban J connectivity index is 1.96. The van der Waals surface area contributed by atoms with Gasteiger partial charge in [0.25, 0.3) is 0 Å². The van der Waals surface area contributed by atoms with E-state index in [1.807, 2.05) is 0 Å². The van der Waals surface area contributed by atoms with Crippen LogP contribution in [0.15, 0.2) is 0 Å². The van der Waals surface area contributed by atoms with Crippen molar-refractivity contribution in [3.05, 3.63) is 5.82 Å². The summed E-state index contributed by atoms with van der Waals surface area (Å²) >= 11 is 1.39. The second-order valence-corrected chi connectivity index (χ2v) is 4.58. The minimum absolute atomic E-state index is 0.0803. The van der Waals surface area contributed by atoms with Crippen molar-refractivity contribution >= 4 is 16.7 Å². The van der Waals surface area contributed by atoms with Crippen molar-refractivity contribution in [3.63, 3.8) is 0 Å². The molecule has 2 rings (SSSR count).